The first kappa shape index (κ1) is 14.7. The Balaban J connectivity index is 1.97. The van der Waals surface area contributed by atoms with Gasteiger partial charge in [-0.1, -0.05) is 60.4 Å². The average molecular weight is 297 g/mol. The second kappa shape index (κ2) is 7.20. The summed E-state index contributed by atoms with van der Waals surface area (Å²) in [4.78, 5) is 0. The van der Waals surface area contributed by atoms with Crippen molar-refractivity contribution in [3.8, 4) is 11.8 Å². The predicted molar refractivity (Wildman–Crippen MR) is 80.4 cm³/mol. The number of benzene rings is 1. The van der Waals surface area contributed by atoms with E-state index in [4.69, 9.17) is 23.2 Å². The van der Waals surface area contributed by atoms with Gasteiger partial charge in [0.2, 0.25) is 0 Å². The molecule has 3 heteroatoms. The van der Waals surface area contributed by atoms with Crippen LogP contribution in [0.25, 0.3) is 0 Å². The van der Waals surface area contributed by atoms with E-state index in [2.05, 4.69) is 11.8 Å². The van der Waals surface area contributed by atoms with Crippen LogP contribution < -0.4 is 0 Å². The molecular formula is C16H18Cl2O. The fraction of sp³-hybridized carbons (Fsp3) is 0.500. The zero-order valence-corrected chi connectivity index (χ0v) is 12.3. The van der Waals surface area contributed by atoms with Gasteiger partial charge >= 0.3 is 0 Å². The van der Waals surface area contributed by atoms with Crippen LogP contribution in [-0.4, -0.2) is 5.11 Å². The van der Waals surface area contributed by atoms with Gasteiger partial charge in [0, 0.05) is 27.9 Å². The van der Waals surface area contributed by atoms with Gasteiger partial charge in [-0.3, -0.25) is 0 Å². The van der Waals surface area contributed by atoms with Crippen molar-refractivity contribution in [1.29, 1.82) is 0 Å². The van der Waals surface area contributed by atoms with Gasteiger partial charge in [0.1, 0.15) is 0 Å². The summed E-state index contributed by atoms with van der Waals surface area (Å²) in [5, 5.41) is 11.1. The summed E-state index contributed by atoms with van der Waals surface area (Å²) in [6.45, 7) is 0. The third kappa shape index (κ3) is 4.14. The highest BCUT2D eigenvalue weighted by molar-refractivity contribution is 6.36. The van der Waals surface area contributed by atoms with Crippen molar-refractivity contribution in [3.05, 3.63) is 33.8 Å². The summed E-state index contributed by atoms with van der Waals surface area (Å²) < 4.78 is 0. The molecule has 1 aliphatic rings. The maximum Gasteiger partial charge on any atom is 0.0928 e. The molecule has 0 amide bonds. The quantitative estimate of drug-likeness (QED) is 0.762. The fourth-order valence-electron chi connectivity index (χ4n) is 2.48. The van der Waals surface area contributed by atoms with Gasteiger partial charge in [0.25, 0.3) is 0 Å². The van der Waals surface area contributed by atoms with Crippen molar-refractivity contribution >= 4 is 23.2 Å². The molecule has 0 aliphatic heterocycles. The zero-order valence-electron chi connectivity index (χ0n) is 10.8. The fourth-order valence-corrected chi connectivity index (χ4v) is 3.13. The van der Waals surface area contributed by atoms with E-state index in [1.807, 2.05) is 0 Å². The van der Waals surface area contributed by atoms with Crippen LogP contribution in [0.5, 0.6) is 0 Å². The van der Waals surface area contributed by atoms with Gasteiger partial charge in [-0.15, -0.1) is 0 Å². The summed E-state index contributed by atoms with van der Waals surface area (Å²) in [6, 6.07) is 5.25. The molecule has 0 heterocycles. The van der Waals surface area contributed by atoms with Crippen molar-refractivity contribution < 1.29 is 5.11 Å². The largest absolute Gasteiger partial charge is 0.387 e. The number of hydrogen-bond donors (Lipinski definition) is 1. The maximum absolute atomic E-state index is 10.1. The Morgan fingerprint density at radius 1 is 1.16 bits per heavy atom. The summed E-state index contributed by atoms with van der Waals surface area (Å²) in [6.07, 6.45) is 5.94. The van der Waals surface area contributed by atoms with E-state index in [1.54, 1.807) is 18.2 Å². The van der Waals surface area contributed by atoms with Crippen molar-refractivity contribution in [2.75, 3.05) is 0 Å². The lowest BCUT2D eigenvalue weighted by molar-refractivity contribution is 0.184. The number of hydrogen-bond acceptors (Lipinski definition) is 1. The summed E-state index contributed by atoms with van der Waals surface area (Å²) in [5.74, 6) is 6.86. The Hall–Kier alpha value is -0.680. The number of aliphatic hydroxyl groups is 1. The van der Waals surface area contributed by atoms with Crippen LogP contribution in [0.4, 0.5) is 0 Å². The Bertz CT molecular complexity index is 461. The molecule has 1 N–H and O–H groups in total. The van der Waals surface area contributed by atoms with Crippen LogP contribution in [0.2, 0.25) is 10.0 Å². The van der Waals surface area contributed by atoms with Crippen LogP contribution in [0.1, 0.15) is 50.2 Å². The van der Waals surface area contributed by atoms with E-state index in [1.165, 1.54) is 32.1 Å². The maximum atomic E-state index is 10.1. The molecule has 0 spiro atoms. The smallest absolute Gasteiger partial charge is 0.0928 e. The molecule has 0 radical (unpaired) electrons. The number of rotatable bonds is 2. The molecule has 1 aromatic rings. The first-order valence-electron chi connectivity index (χ1n) is 6.79. The Morgan fingerprint density at radius 3 is 2.42 bits per heavy atom. The van der Waals surface area contributed by atoms with Crippen molar-refractivity contribution in [2.24, 2.45) is 5.92 Å². The highest BCUT2D eigenvalue weighted by Crippen LogP contribution is 2.31. The molecule has 1 saturated carbocycles. The second-order valence-electron chi connectivity index (χ2n) is 5.01. The molecule has 2 rings (SSSR count). The lowest BCUT2D eigenvalue weighted by Gasteiger charge is -2.16. The van der Waals surface area contributed by atoms with Gasteiger partial charge < -0.3 is 5.11 Å². The molecular weight excluding hydrogens is 279 g/mol. The second-order valence-corrected chi connectivity index (χ2v) is 5.83. The highest BCUT2D eigenvalue weighted by atomic mass is 35.5. The normalized spacial score (nSPS) is 17.6. The van der Waals surface area contributed by atoms with Crippen LogP contribution in [-0.2, 0) is 0 Å². The van der Waals surface area contributed by atoms with Crippen LogP contribution in [0.15, 0.2) is 18.2 Å². The molecule has 0 aromatic heterocycles. The minimum absolute atomic E-state index is 0.389. The molecule has 1 fully saturated rings. The molecule has 1 aromatic carbocycles. The first-order valence-corrected chi connectivity index (χ1v) is 7.54. The summed E-state index contributed by atoms with van der Waals surface area (Å²) in [5.41, 5.74) is 0.587. The van der Waals surface area contributed by atoms with Gasteiger partial charge in [0.05, 0.1) is 6.10 Å². The van der Waals surface area contributed by atoms with Gasteiger partial charge in [-0.2, -0.15) is 0 Å². The minimum atomic E-state index is -0.711. The first-order chi connectivity index (χ1) is 9.18. The topological polar surface area (TPSA) is 20.2 Å². The number of aliphatic hydroxyl groups excluding tert-OH is 1. The van der Waals surface area contributed by atoms with E-state index >= 15 is 0 Å². The molecule has 0 bridgehead atoms. The molecule has 19 heavy (non-hydrogen) atoms. The summed E-state index contributed by atoms with van der Waals surface area (Å²) in [7, 11) is 0. The number of halogens is 2. The third-order valence-electron chi connectivity index (χ3n) is 3.54. The Morgan fingerprint density at radius 2 is 1.79 bits per heavy atom. The van der Waals surface area contributed by atoms with E-state index in [0.29, 0.717) is 27.9 Å². The Kier molecular flexibility index (Phi) is 5.58. The van der Waals surface area contributed by atoms with Crippen LogP contribution in [0, 0.1) is 17.8 Å². The predicted octanol–water partition coefficient (Wildman–Crippen LogP) is 5.00. The molecule has 102 valence electrons. The van der Waals surface area contributed by atoms with Gasteiger partial charge in [0.15, 0.2) is 0 Å². The highest BCUT2D eigenvalue weighted by Gasteiger charge is 2.14. The lowest BCUT2D eigenvalue weighted by Crippen LogP contribution is -2.03. The van der Waals surface area contributed by atoms with E-state index in [-0.39, 0.29) is 0 Å². The third-order valence-corrected chi connectivity index (χ3v) is 4.20. The van der Waals surface area contributed by atoms with Gasteiger partial charge in [-0.25, -0.2) is 0 Å². The molecule has 0 saturated heterocycles. The SMILES string of the molecule is O[C@H](CC#CC1CCCCC1)c1c(Cl)cccc1Cl. The molecule has 1 atom stereocenters. The van der Waals surface area contributed by atoms with E-state index < -0.39 is 6.10 Å². The van der Waals surface area contributed by atoms with E-state index in [9.17, 15) is 5.11 Å². The van der Waals surface area contributed by atoms with Gasteiger partial charge in [-0.05, 0) is 25.0 Å². The molecule has 1 nitrogen and oxygen atoms in total. The lowest BCUT2D eigenvalue weighted by atomic mass is 9.89. The molecule has 0 unspecified atom stereocenters. The van der Waals surface area contributed by atoms with Crippen molar-refractivity contribution in [3.63, 3.8) is 0 Å². The monoisotopic (exact) mass is 296 g/mol. The summed E-state index contributed by atoms with van der Waals surface area (Å²) >= 11 is 12.1. The van der Waals surface area contributed by atoms with E-state index in [0.717, 1.165) is 0 Å². The molecule has 1 aliphatic carbocycles. The van der Waals surface area contributed by atoms with Crippen molar-refractivity contribution in [2.45, 2.75) is 44.6 Å². The zero-order chi connectivity index (χ0) is 13.7. The minimum Gasteiger partial charge on any atom is -0.387 e. The Labute approximate surface area is 124 Å². The van der Waals surface area contributed by atoms with Crippen LogP contribution >= 0.6 is 23.2 Å². The average Bonchev–Trinajstić information content (AvgIpc) is 2.40. The standard InChI is InChI=1S/C16H18Cl2O/c17-13-9-5-10-14(18)16(13)15(19)11-4-8-12-6-2-1-3-7-12/h5,9-10,12,15,19H,1-3,6-7,11H2/t15-/m1/s1. The van der Waals surface area contributed by atoms with Crippen LogP contribution in [0.3, 0.4) is 0 Å². The van der Waals surface area contributed by atoms with Crippen molar-refractivity contribution in [1.82, 2.24) is 0 Å².